The maximum atomic E-state index is 11.7. The Kier molecular flexibility index (Phi) is 6.15. The van der Waals surface area contributed by atoms with E-state index in [0.717, 1.165) is 0 Å². The van der Waals surface area contributed by atoms with Crippen LogP contribution >= 0.6 is 11.6 Å². The van der Waals surface area contributed by atoms with E-state index in [1.165, 1.54) is 0 Å². The number of carbonyl (C=O) groups excluding carboxylic acids is 1. The lowest BCUT2D eigenvalue weighted by atomic mass is 10.3. The number of benzene rings is 1. The topological polar surface area (TPSA) is 75.6 Å². The summed E-state index contributed by atoms with van der Waals surface area (Å²) in [6.45, 7) is 1.93. The number of aliphatic carboxylic acids is 1. The molecule has 1 atom stereocenters. The Balaban J connectivity index is 2.34. The van der Waals surface area contributed by atoms with Crippen LogP contribution in [0.2, 0.25) is 5.02 Å². The van der Waals surface area contributed by atoms with Crippen molar-refractivity contribution in [3.8, 4) is 5.75 Å². The van der Waals surface area contributed by atoms with Crippen LogP contribution in [0.25, 0.3) is 0 Å². The predicted octanol–water partition coefficient (Wildman–Crippen LogP) is 2.09. The normalized spacial score (nSPS) is 11.7. The lowest BCUT2D eigenvalue weighted by molar-refractivity contribution is -0.137. The summed E-state index contributed by atoms with van der Waals surface area (Å²) in [5, 5.41) is 11.6. The second-order valence-electron chi connectivity index (χ2n) is 4.01. The molecule has 5 nitrogen and oxygen atoms in total. The summed E-state index contributed by atoms with van der Waals surface area (Å²) in [4.78, 5) is 22.0. The first kappa shape index (κ1) is 15.3. The minimum atomic E-state index is -0.877. The third-order valence-electron chi connectivity index (χ3n) is 2.34. The highest BCUT2D eigenvalue weighted by atomic mass is 35.5. The van der Waals surface area contributed by atoms with Gasteiger partial charge < -0.3 is 15.2 Å². The first-order valence-electron chi connectivity index (χ1n) is 5.91. The molecular formula is C13H16ClNO4. The zero-order valence-electron chi connectivity index (χ0n) is 10.6. The highest BCUT2D eigenvalue weighted by molar-refractivity contribution is 6.30. The van der Waals surface area contributed by atoms with Gasteiger partial charge in [-0.25, -0.2) is 0 Å². The van der Waals surface area contributed by atoms with Crippen molar-refractivity contribution in [1.82, 2.24) is 5.32 Å². The van der Waals surface area contributed by atoms with Gasteiger partial charge in [-0.1, -0.05) is 17.7 Å². The molecule has 2 N–H and O–H groups in total. The van der Waals surface area contributed by atoms with Gasteiger partial charge in [-0.15, -0.1) is 0 Å². The zero-order valence-corrected chi connectivity index (χ0v) is 11.3. The number of hydrogen-bond donors (Lipinski definition) is 2. The van der Waals surface area contributed by atoms with Crippen molar-refractivity contribution in [3.05, 3.63) is 29.3 Å². The molecule has 0 radical (unpaired) electrons. The molecule has 0 aliphatic carbocycles. The molecule has 1 amide bonds. The van der Waals surface area contributed by atoms with E-state index < -0.39 is 12.1 Å². The molecule has 0 aliphatic rings. The number of amides is 1. The maximum Gasteiger partial charge on any atom is 0.303 e. The standard InChI is InChI=1S/C13H16ClNO4/c1-9(13(18)15-7-3-6-12(16)17)19-11-5-2-4-10(14)8-11/h2,4-5,8-9H,3,6-7H2,1H3,(H,15,18)(H,16,17). The molecular weight excluding hydrogens is 270 g/mol. The smallest absolute Gasteiger partial charge is 0.303 e. The fourth-order valence-electron chi connectivity index (χ4n) is 1.39. The van der Waals surface area contributed by atoms with Gasteiger partial charge in [0.15, 0.2) is 6.10 Å². The Bertz CT molecular complexity index is 450. The lowest BCUT2D eigenvalue weighted by Crippen LogP contribution is -2.36. The minimum Gasteiger partial charge on any atom is -0.481 e. The Morgan fingerprint density at radius 2 is 2.21 bits per heavy atom. The molecule has 0 aliphatic heterocycles. The van der Waals surface area contributed by atoms with Crippen molar-refractivity contribution in [3.63, 3.8) is 0 Å². The van der Waals surface area contributed by atoms with Crippen LogP contribution in [0, 0.1) is 0 Å². The monoisotopic (exact) mass is 285 g/mol. The van der Waals surface area contributed by atoms with Gasteiger partial charge in [0.1, 0.15) is 5.75 Å². The predicted molar refractivity (Wildman–Crippen MR) is 71.4 cm³/mol. The molecule has 104 valence electrons. The molecule has 0 aromatic heterocycles. The van der Waals surface area contributed by atoms with E-state index in [1.54, 1.807) is 31.2 Å². The van der Waals surface area contributed by atoms with Gasteiger partial charge in [0.05, 0.1) is 0 Å². The van der Waals surface area contributed by atoms with Gasteiger partial charge in [0.2, 0.25) is 0 Å². The number of carbonyl (C=O) groups is 2. The molecule has 1 aromatic carbocycles. The first-order chi connectivity index (χ1) is 8.99. The van der Waals surface area contributed by atoms with E-state index in [9.17, 15) is 9.59 Å². The van der Waals surface area contributed by atoms with Gasteiger partial charge in [-0.2, -0.15) is 0 Å². The van der Waals surface area contributed by atoms with Gasteiger partial charge in [-0.05, 0) is 31.5 Å². The number of halogens is 1. The van der Waals surface area contributed by atoms with Crippen LogP contribution in [-0.2, 0) is 9.59 Å². The van der Waals surface area contributed by atoms with Crippen molar-refractivity contribution < 1.29 is 19.4 Å². The van der Waals surface area contributed by atoms with Gasteiger partial charge in [-0.3, -0.25) is 9.59 Å². The first-order valence-corrected chi connectivity index (χ1v) is 6.28. The summed E-state index contributed by atoms with van der Waals surface area (Å²) >= 11 is 5.80. The summed E-state index contributed by atoms with van der Waals surface area (Å²) < 4.78 is 5.42. The van der Waals surface area contributed by atoms with Gasteiger partial charge in [0.25, 0.3) is 5.91 Å². The summed E-state index contributed by atoms with van der Waals surface area (Å²) in [5.41, 5.74) is 0. The SMILES string of the molecule is CC(Oc1cccc(Cl)c1)C(=O)NCCCC(=O)O. The van der Waals surface area contributed by atoms with Crippen molar-refractivity contribution in [2.24, 2.45) is 0 Å². The Hall–Kier alpha value is -1.75. The second-order valence-corrected chi connectivity index (χ2v) is 4.44. The fourth-order valence-corrected chi connectivity index (χ4v) is 1.57. The third kappa shape index (κ3) is 6.10. The number of carboxylic acids is 1. The number of ether oxygens (including phenoxy) is 1. The number of hydrogen-bond acceptors (Lipinski definition) is 3. The van der Waals surface area contributed by atoms with E-state index in [4.69, 9.17) is 21.4 Å². The molecule has 19 heavy (non-hydrogen) atoms. The maximum absolute atomic E-state index is 11.7. The molecule has 1 rings (SSSR count). The largest absolute Gasteiger partial charge is 0.481 e. The highest BCUT2D eigenvalue weighted by Crippen LogP contribution is 2.18. The van der Waals surface area contributed by atoms with E-state index in [1.807, 2.05) is 0 Å². The second kappa shape index (κ2) is 7.63. The van der Waals surface area contributed by atoms with E-state index in [0.29, 0.717) is 23.7 Å². The van der Waals surface area contributed by atoms with Crippen LogP contribution in [0.4, 0.5) is 0 Å². The van der Waals surface area contributed by atoms with E-state index >= 15 is 0 Å². The molecule has 0 saturated heterocycles. The molecule has 1 aromatic rings. The number of rotatable bonds is 7. The Morgan fingerprint density at radius 3 is 2.84 bits per heavy atom. The molecule has 6 heteroatoms. The van der Waals surface area contributed by atoms with Crippen molar-refractivity contribution in [1.29, 1.82) is 0 Å². The summed E-state index contributed by atoms with van der Waals surface area (Å²) in [6.07, 6.45) is -0.238. The molecule has 0 spiro atoms. The van der Waals surface area contributed by atoms with Crippen molar-refractivity contribution in [2.45, 2.75) is 25.9 Å². The van der Waals surface area contributed by atoms with E-state index in [2.05, 4.69) is 5.32 Å². The quantitative estimate of drug-likeness (QED) is 0.752. The average Bonchev–Trinajstić information content (AvgIpc) is 2.34. The van der Waals surface area contributed by atoms with Crippen LogP contribution in [0.5, 0.6) is 5.75 Å². The summed E-state index contributed by atoms with van der Waals surface area (Å²) in [6, 6.07) is 6.77. The third-order valence-corrected chi connectivity index (χ3v) is 2.58. The Labute approximate surface area is 116 Å². The van der Waals surface area contributed by atoms with E-state index in [-0.39, 0.29) is 12.3 Å². The fraction of sp³-hybridized carbons (Fsp3) is 0.385. The number of nitrogens with one attached hydrogen (secondary N) is 1. The highest BCUT2D eigenvalue weighted by Gasteiger charge is 2.14. The zero-order chi connectivity index (χ0) is 14.3. The van der Waals surface area contributed by atoms with Crippen LogP contribution in [0.1, 0.15) is 19.8 Å². The molecule has 1 unspecified atom stereocenters. The van der Waals surface area contributed by atoms with Crippen LogP contribution in [-0.4, -0.2) is 29.6 Å². The van der Waals surface area contributed by atoms with Crippen LogP contribution in [0.3, 0.4) is 0 Å². The lowest BCUT2D eigenvalue weighted by Gasteiger charge is -2.14. The minimum absolute atomic E-state index is 0.0316. The van der Waals surface area contributed by atoms with Crippen LogP contribution in [0.15, 0.2) is 24.3 Å². The molecule has 0 fully saturated rings. The van der Waals surface area contributed by atoms with Crippen LogP contribution < -0.4 is 10.1 Å². The van der Waals surface area contributed by atoms with Crippen molar-refractivity contribution >= 4 is 23.5 Å². The Morgan fingerprint density at radius 1 is 1.47 bits per heavy atom. The molecule has 0 bridgehead atoms. The van der Waals surface area contributed by atoms with Gasteiger partial charge in [0, 0.05) is 18.0 Å². The molecule has 0 saturated carbocycles. The average molecular weight is 286 g/mol. The summed E-state index contributed by atoms with van der Waals surface area (Å²) in [7, 11) is 0. The summed E-state index contributed by atoms with van der Waals surface area (Å²) in [5.74, 6) is -0.650. The number of carboxylic acid groups (broad SMARTS) is 1. The molecule has 0 heterocycles. The van der Waals surface area contributed by atoms with Crippen molar-refractivity contribution in [2.75, 3.05) is 6.54 Å². The van der Waals surface area contributed by atoms with Gasteiger partial charge >= 0.3 is 5.97 Å².